The van der Waals surface area contributed by atoms with Gasteiger partial charge in [-0.25, -0.2) is 14.6 Å². The fourth-order valence-corrected chi connectivity index (χ4v) is 5.09. The maximum absolute atomic E-state index is 13.7. The summed E-state index contributed by atoms with van der Waals surface area (Å²) in [6, 6.07) is 13.3. The first-order chi connectivity index (χ1) is 18.2. The van der Waals surface area contributed by atoms with Crippen molar-refractivity contribution >= 4 is 29.4 Å². The lowest BCUT2D eigenvalue weighted by atomic mass is 9.96. The smallest absolute Gasteiger partial charge is 0.341 e. The van der Waals surface area contributed by atoms with Crippen molar-refractivity contribution in [1.29, 1.82) is 0 Å². The number of thiazole rings is 1. The average molecular weight is 537 g/mol. The van der Waals surface area contributed by atoms with Gasteiger partial charge in [-0.05, 0) is 69.2 Å². The molecule has 3 aromatic rings. The van der Waals surface area contributed by atoms with Crippen molar-refractivity contribution in [2.24, 2.45) is 4.99 Å². The molecule has 0 fully saturated rings. The van der Waals surface area contributed by atoms with Gasteiger partial charge >= 0.3 is 11.9 Å². The molecule has 1 aromatic heterocycles. The third-order valence-corrected chi connectivity index (χ3v) is 6.61. The molecule has 2 heterocycles. The first kappa shape index (κ1) is 26.9. The fraction of sp³-hybridized carbons (Fsp3) is 0.286. The number of carbonyl (C=O) groups excluding carboxylic acids is 1. The Morgan fingerprint density at radius 3 is 2.32 bits per heavy atom. The predicted molar refractivity (Wildman–Crippen MR) is 142 cm³/mol. The van der Waals surface area contributed by atoms with Gasteiger partial charge < -0.3 is 19.3 Å². The number of benzene rings is 2. The lowest BCUT2D eigenvalue weighted by Gasteiger charge is -2.25. The van der Waals surface area contributed by atoms with Crippen LogP contribution in [0.2, 0.25) is 0 Å². The van der Waals surface area contributed by atoms with Crippen LogP contribution in [0.5, 0.6) is 11.5 Å². The highest BCUT2D eigenvalue weighted by atomic mass is 32.1. The summed E-state index contributed by atoms with van der Waals surface area (Å²) in [5.74, 6) is -0.493. The zero-order valence-corrected chi connectivity index (χ0v) is 22.3. The van der Waals surface area contributed by atoms with Crippen LogP contribution in [0.25, 0.3) is 6.08 Å². The van der Waals surface area contributed by atoms with Crippen LogP contribution in [0.4, 0.5) is 0 Å². The summed E-state index contributed by atoms with van der Waals surface area (Å²) in [5, 5.41) is 8.78. The van der Waals surface area contributed by atoms with Crippen molar-refractivity contribution in [2.45, 2.75) is 39.8 Å². The molecule has 1 atom stereocenters. The highest BCUT2D eigenvalue weighted by Gasteiger charge is 2.33. The van der Waals surface area contributed by atoms with E-state index in [2.05, 4.69) is 4.99 Å². The summed E-state index contributed by atoms with van der Waals surface area (Å²) in [4.78, 5) is 42.7. The molecule has 0 aliphatic carbocycles. The molecule has 10 heteroatoms. The van der Waals surface area contributed by atoms with E-state index < -0.39 is 24.6 Å². The first-order valence-electron chi connectivity index (χ1n) is 12.1. The number of esters is 1. The van der Waals surface area contributed by atoms with E-state index in [1.165, 1.54) is 15.9 Å². The van der Waals surface area contributed by atoms with Crippen molar-refractivity contribution in [3.05, 3.63) is 90.6 Å². The quantitative estimate of drug-likeness (QED) is 0.418. The molecule has 198 valence electrons. The van der Waals surface area contributed by atoms with Crippen molar-refractivity contribution in [3.63, 3.8) is 0 Å². The Hall–Kier alpha value is -4.18. The summed E-state index contributed by atoms with van der Waals surface area (Å²) in [6.07, 6.45) is 1.39. The Morgan fingerprint density at radius 2 is 1.71 bits per heavy atom. The molecule has 2 aromatic carbocycles. The summed E-state index contributed by atoms with van der Waals surface area (Å²) < 4.78 is 18.2. The third-order valence-electron chi connectivity index (χ3n) is 5.63. The number of fused-ring (bicyclic) bond motifs is 1. The van der Waals surface area contributed by atoms with Crippen LogP contribution in [0.1, 0.15) is 44.9 Å². The van der Waals surface area contributed by atoms with Crippen LogP contribution in [0.3, 0.4) is 0 Å². The van der Waals surface area contributed by atoms with Gasteiger partial charge in [0.2, 0.25) is 0 Å². The standard InChI is InChI=1S/C28H28N2O7S/c1-5-35-20-12-8-19(9-13-20)25-24(27(34)37-16(2)3)17(4)29-28-30(25)26(33)22(38-28)14-18-6-10-21(11-7-18)36-15-23(31)32/h6-14,16,25H,5,15H2,1-4H3,(H,31,32)/b22-14+/t25-/m0/s1. The van der Waals surface area contributed by atoms with E-state index in [4.69, 9.17) is 19.3 Å². The summed E-state index contributed by atoms with van der Waals surface area (Å²) >= 11 is 1.22. The number of carbonyl (C=O) groups is 2. The molecule has 4 rings (SSSR count). The number of allylic oxidation sites excluding steroid dienone is 1. The highest BCUT2D eigenvalue weighted by Crippen LogP contribution is 2.32. The second-order valence-electron chi connectivity index (χ2n) is 8.79. The number of hydrogen-bond acceptors (Lipinski definition) is 8. The van der Waals surface area contributed by atoms with E-state index in [9.17, 15) is 14.4 Å². The number of carboxylic acids is 1. The van der Waals surface area contributed by atoms with Gasteiger partial charge in [-0.1, -0.05) is 35.6 Å². The molecule has 0 saturated heterocycles. The number of aromatic nitrogens is 1. The lowest BCUT2D eigenvalue weighted by Crippen LogP contribution is -2.40. The van der Waals surface area contributed by atoms with Gasteiger partial charge in [-0.15, -0.1) is 0 Å². The Balaban J connectivity index is 1.80. The SMILES string of the molecule is CCOc1ccc([C@H]2C(C(=O)OC(C)C)=C(C)N=c3s/c(=C/c4ccc(OCC(=O)O)cc4)c(=O)n32)cc1. The molecule has 0 radical (unpaired) electrons. The monoisotopic (exact) mass is 536 g/mol. The molecule has 1 aliphatic rings. The fourth-order valence-electron chi connectivity index (χ4n) is 4.05. The van der Waals surface area contributed by atoms with Crippen molar-refractivity contribution in [3.8, 4) is 11.5 Å². The zero-order chi connectivity index (χ0) is 27.4. The van der Waals surface area contributed by atoms with Crippen LogP contribution in [-0.2, 0) is 14.3 Å². The van der Waals surface area contributed by atoms with Crippen LogP contribution < -0.4 is 24.4 Å². The maximum atomic E-state index is 13.7. The minimum Gasteiger partial charge on any atom is -0.494 e. The molecular formula is C28H28N2O7S. The number of rotatable bonds is 9. The average Bonchev–Trinajstić information content (AvgIpc) is 3.17. The van der Waals surface area contributed by atoms with Crippen LogP contribution in [-0.4, -0.2) is 40.9 Å². The van der Waals surface area contributed by atoms with Gasteiger partial charge in [-0.2, -0.15) is 0 Å². The molecule has 0 spiro atoms. The summed E-state index contributed by atoms with van der Waals surface area (Å²) in [7, 11) is 0. The second kappa shape index (κ2) is 11.5. The molecular weight excluding hydrogens is 508 g/mol. The normalized spacial score (nSPS) is 15.2. The minimum absolute atomic E-state index is 0.291. The van der Waals surface area contributed by atoms with Crippen molar-refractivity contribution in [1.82, 2.24) is 4.57 Å². The number of hydrogen-bond donors (Lipinski definition) is 1. The molecule has 9 nitrogen and oxygen atoms in total. The maximum Gasteiger partial charge on any atom is 0.341 e. The van der Waals surface area contributed by atoms with E-state index in [0.717, 1.165) is 11.1 Å². The number of ether oxygens (including phenoxy) is 3. The topological polar surface area (TPSA) is 116 Å². The van der Waals surface area contributed by atoms with Gasteiger partial charge in [0.05, 0.1) is 34.6 Å². The van der Waals surface area contributed by atoms with Gasteiger partial charge in [0.15, 0.2) is 11.4 Å². The Kier molecular flexibility index (Phi) is 8.11. The Bertz CT molecular complexity index is 1550. The highest BCUT2D eigenvalue weighted by molar-refractivity contribution is 7.07. The van der Waals surface area contributed by atoms with Crippen LogP contribution in [0, 0.1) is 0 Å². The largest absolute Gasteiger partial charge is 0.494 e. The molecule has 38 heavy (non-hydrogen) atoms. The number of nitrogens with zero attached hydrogens (tertiary/aromatic N) is 2. The van der Waals surface area contributed by atoms with E-state index >= 15 is 0 Å². The van der Waals surface area contributed by atoms with Crippen molar-refractivity contribution < 1.29 is 28.9 Å². The lowest BCUT2D eigenvalue weighted by molar-refractivity contribution is -0.143. The molecule has 1 aliphatic heterocycles. The van der Waals surface area contributed by atoms with Gasteiger partial charge in [-0.3, -0.25) is 9.36 Å². The summed E-state index contributed by atoms with van der Waals surface area (Å²) in [6.45, 7) is 7.26. The van der Waals surface area contributed by atoms with E-state index in [1.54, 1.807) is 51.1 Å². The van der Waals surface area contributed by atoms with Gasteiger partial charge in [0.25, 0.3) is 5.56 Å². The zero-order valence-electron chi connectivity index (χ0n) is 21.5. The van der Waals surface area contributed by atoms with Gasteiger partial charge in [0.1, 0.15) is 11.5 Å². The Labute approximate surface area is 222 Å². The molecule has 0 unspecified atom stereocenters. The van der Waals surface area contributed by atoms with Crippen molar-refractivity contribution in [2.75, 3.05) is 13.2 Å². The molecule has 0 bridgehead atoms. The van der Waals surface area contributed by atoms with Crippen LogP contribution >= 0.6 is 11.3 Å². The van der Waals surface area contributed by atoms with E-state index in [1.807, 2.05) is 31.2 Å². The Morgan fingerprint density at radius 1 is 1.08 bits per heavy atom. The van der Waals surface area contributed by atoms with Crippen LogP contribution in [0.15, 0.2) is 69.6 Å². The third kappa shape index (κ3) is 5.86. The first-order valence-corrected chi connectivity index (χ1v) is 12.9. The molecule has 0 amide bonds. The minimum atomic E-state index is -1.07. The number of carboxylic acid groups (broad SMARTS) is 1. The number of aliphatic carboxylic acids is 1. The summed E-state index contributed by atoms with van der Waals surface area (Å²) in [5.41, 5.74) is 1.96. The second-order valence-corrected chi connectivity index (χ2v) is 9.80. The molecule has 1 N–H and O–H groups in total. The van der Waals surface area contributed by atoms with Gasteiger partial charge in [0, 0.05) is 0 Å². The van der Waals surface area contributed by atoms with E-state index in [0.29, 0.717) is 38.7 Å². The molecule has 0 saturated carbocycles. The van der Waals surface area contributed by atoms with E-state index in [-0.39, 0.29) is 11.7 Å². The predicted octanol–water partition coefficient (Wildman–Crippen LogP) is 3.05.